The van der Waals surface area contributed by atoms with Gasteiger partial charge in [-0.1, -0.05) is 0 Å². The third kappa shape index (κ3) is 5.89. The van der Waals surface area contributed by atoms with Crippen LogP contribution in [0, 0.1) is 0 Å². The summed E-state index contributed by atoms with van der Waals surface area (Å²) >= 11 is 0. The normalized spacial score (nSPS) is 12.7. The molecule has 0 heterocycles. The monoisotopic (exact) mass is 286 g/mol. The molecule has 100 valence electrons. The van der Waals surface area contributed by atoms with Crippen LogP contribution >= 0.6 is 0 Å². The number of rotatable bonds is 7. The lowest BCUT2D eigenvalue weighted by Gasteiger charge is -2.10. The summed E-state index contributed by atoms with van der Waals surface area (Å²) in [5.74, 6) is -2.97. The van der Waals surface area contributed by atoms with Crippen LogP contribution in [0.2, 0.25) is 0 Å². The zero-order valence-electron chi connectivity index (χ0n) is 9.41. The molecule has 0 saturated heterocycles. The quantitative estimate of drug-likeness (QED) is 0.481. The number of Topliss-reactive ketones (excluding diaryl/α,β-unsaturated/α-hetero) is 2. The molecule has 7 nitrogen and oxygen atoms in total. The van der Waals surface area contributed by atoms with Gasteiger partial charge in [0.05, 0.1) is 11.5 Å². The van der Waals surface area contributed by atoms with Crippen LogP contribution in [0.1, 0.15) is 20.3 Å². The fourth-order valence-corrected chi connectivity index (χ4v) is 3.84. The lowest BCUT2D eigenvalue weighted by atomic mass is 10.2. The second-order valence-electron chi connectivity index (χ2n) is 3.61. The minimum Gasteiger partial charge on any atom is -0.298 e. The van der Waals surface area contributed by atoms with E-state index in [1.165, 1.54) is 0 Å². The Kier molecular flexibility index (Phi) is 5.43. The van der Waals surface area contributed by atoms with E-state index < -0.39 is 48.3 Å². The minimum absolute atomic E-state index is 0.363. The van der Waals surface area contributed by atoms with Crippen LogP contribution in [-0.2, 0) is 29.5 Å². The molecule has 0 aliphatic carbocycles. The van der Waals surface area contributed by atoms with Gasteiger partial charge in [0.2, 0.25) is 0 Å². The van der Waals surface area contributed by atoms with Crippen LogP contribution in [0.4, 0.5) is 0 Å². The van der Waals surface area contributed by atoms with Crippen molar-refractivity contribution in [3.8, 4) is 0 Å². The lowest BCUT2D eigenvalue weighted by molar-refractivity contribution is -0.124. The molecule has 0 rings (SSSR count). The predicted octanol–water partition coefficient (Wildman–Crippen LogP) is -0.774. The topological polar surface area (TPSA) is 123 Å². The first-order valence-corrected chi connectivity index (χ1v) is 7.97. The summed E-state index contributed by atoms with van der Waals surface area (Å²) < 4.78 is 52.3. The predicted molar refractivity (Wildman–Crippen MR) is 60.0 cm³/mol. The highest BCUT2D eigenvalue weighted by molar-refractivity contribution is 7.93. The van der Waals surface area contributed by atoms with E-state index in [0.717, 1.165) is 13.8 Å². The molecule has 1 N–H and O–H groups in total. The molecule has 0 aromatic heterocycles. The standard InChI is InChI=1S/C8H14O7S2/c1-6(9)8(7(2)10)16(11,12)4-3-5-17(13,14)15/h8H,3-5H2,1-2H3,(H,13,14,15). The Morgan fingerprint density at radius 1 is 1.00 bits per heavy atom. The average Bonchev–Trinajstić information content (AvgIpc) is 1.96. The van der Waals surface area contributed by atoms with Gasteiger partial charge in [0.25, 0.3) is 10.1 Å². The van der Waals surface area contributed by atoms with Gasteiger partial charge in [-0.05, 0) is 20.3 Å². The van der Waals surface area contributed by atoms with Gasteiger partial charge in [0, 0.05) is 0 Å². The van der Waals surface area contributed by atoms with Gasteiger partial charge in [-0.3, -0.25) is 14.1 Å². The highest BCUT2D eigenvalue weighted by Gasteiger charge is 2.33. The summed E-state index contributed by atoms with van der Waals surface area (Å²) in [6.07, 6.45) is -0.363. The molecule has 0 saturated carbocycles. The molecular formula is C8H14O7S2. The molecule has 17 heavy (non-hydrogen) atoms. The van der Waals surface area contributed by atoms with Crippen molar-refractivity contribution in [3.05, 3.63) is 0 Å². The number of hydrogen-bond acceptors (Lipinski definition) is 6. The maximum atomic E-state index is 11.6. The molecule has 0 fully saturated rings. The van der Waals surface area contributed by atoms with Crippen LogP contribution in [-0.4, -0.2) is 49.7 Å². The van der Waals surface area contributed by atoms with Crippen molar-refractivity contribution < 1.29 is 31.0 Å². The SMILES string of the molecule is CC(=O)C(C(C)=O)S(=O)(=O)CCCS(=O)(=O)O. The number of carbonyl (C=O) groups is 2. The summed E-state index contributed by atoms with van der Waals surface area (Å²) in [5.41, 5.74) is 0. The molecule has 0 radical (unpaired) electrons. The van der Waals surface area contributed by atoms with Crippen molar-refractivity contribution in [1.82, 2.24) is 0 Å². The molecule has 0 spiro atoms. The number of hydrogen-bond donors (Lipinski definition) is 1. The van der Waals surface area contributed by atoms with E-state index in [4.69, 9.17) is 4.55 Å². The summed E-state index contributed by atoms with van der Waals surface area (Å²) in [6.45, 7) is 1.96. The van der Waals surface area contributed by atoms with Crippen molar-refractivity contribution in [3.63, 3.8) is 0 Å². The molecule has 0 bridgehead atoms. The summed E-state index contributed by atoms with van der Waals surface area (Å²) in [6, 6.07) is 0. The molecule has 9 heteroatoms. The smallest absolute Gasteiger partial charge is 0.264 e. The molecule has 0 atom stereocenters. The van der Waals surface area contributed by atoms with Gasteiger partial charge in [0.1, 0.15) is 0 Å². The third-order valence-corrected chi connectivity index (χ3v) is 4.97. The number of carbonyl (C=O) groups excluding carboxylic acids is 2. The van der Waals surface area contributed by atoms with Crippen molar-refractivity contribution in [2.24, 2.45) is 0 Å². The Balaban J connectivity index is 4.79. The second kappa shape index (κ2) is 5.69. The van der Waals surface area contributed by atoms with Crippen molar-refractivity contribution >= 4 is 31.5 Å². The number of sulfone groups is 1. The van der Waals surface area contributed by atoms with Gasteiger partial charge < -0.3 is 0 Å². The van der Waals surface area contributed by atoms with E-state index in [-0.39, 0.29) is 6.42 Å². The highest BCUT2D eigenvalue weighted by atomic mass is 32.2. The fourth-order valence-electron chi connectivity index (χ4n) is 1.35. The Morgan fingerprint density at radius 3 is 1.71 bits per heavy atom. The fraction of sp³-hybridized carbons (Fsp3) is 0.750. The first kappa shape index (κ1) is 16.2. The van der Waals surface area contributed by atoms with E-state index in [9.17, 15) is 26.4 Å². The maximum absolute atomic E-state index is 11.6. The van der Waals surface area contributed by atoms with Crippen LogP contribution in [0.25, 0.3) is 0 Å². The molecule has 0 aliphatic heterocycles. The van der Waals surface area contributed by atoms with Crippen molar-refractivity contribution in [2.75, 3.05) is 11.5 Å². The lowest BCUT2D eigenvalue weighted by Crippen LogP contribution is -2.37. The summed E-state index contributed by atoms with van der Waals surface area (Å²) in [5, 5.41) is -1.75. The first-order valence-electron chi connectivity index (χ1n) is 4.65. The molecule has 0 aromatic rings. The average molecular weight is 286 g/mol. The molecule has 0 aromatic carbocycles. The van der Waals surface area contributed by atoms with Gasteiger partial charge in [-0.25, -0.2) is 8.42 Å². The van der Waals surface area contributed by atoms with Gasteiger partial charge >= 0.3 is 0 Å². The Labute approximate surface area is 99.9 Å². The summed E-state index contributed by atoms with van der Waals surface area (Å²) in [4.78, 5) is 22.0. The molecule has 0 aliphatic rings. The highest BCUT2D eigenvalue weighted by Crippen LogP contribution is 2.08. The van der Waals surface area contributed by atoms with E-state index in [2.05, 4.69) is 0 Å². The largest absolute Gasteiger partial charge is 0.298 e. The van der Waals surface area contributed by atoms with Crippen LogP contribution in [0.15, 0.2) is 0 Å². The zero-order chi connectivity index (χ0) is 13.9. The maximum Gasteiger partial charge on any atom is 0.264 e. The van der Waals surface area contributed by atoms with E-state index in [0.29, 0.717) is 0 Å². The zero-order valence-corrected chi connectivity index (χ0v) is 11.0. The van der Waals surface area contributed by atoms with Crippen LogP contribution < -0.4 is 0 Å². The molecular weight excluding hydrogens is 272 g/mol. The molecule has 0 amide bonds. The van der Waals surface area contributed by atoms with Crippen molar-refractivity contribution in [1.29, 1.82) is 0 Å². The Bertz CT molecular complexity index is 486. The first-order chi connectivity index (χ1) is 7.47. The number of ketones is 2. The second-order valence-corrected chi connectivity index (χ2v) is 7.39. The van der Waals surface area contributed by atoms with E-state index in [1.54, 1.807) is 0 Å². The minimum atomic E-state index is -4.25. The Morgan fingerprint density at radius 2 is 1.41 bits per heavy atom. The van der Waals surface area contributed by atoms with Crippen LogP contribution in [0.3, 0.4) is 0 Å². The van der Waals surface area contributed by atoms with Crippen LogP contribution in [0.5, 0.6) is 0 Å². The summed E-state index contributed by atoms with van der Waals surface area (Å²) in [7, 11) is -8.26. The van der Waals surface area contributed by atoms with Gasteiger partial charge in [-0.2, -0.15) is 8.42 Å². The van der Waals surface area contributed by atoms with E-state index >= 15 is 0 Å². The van der Waals surface area contributed by atoms with E-state index in [1.807, 2.05) is 0 Å². The van der Waals surface area contributed by atoms with Gasteiger partial charge in [0.15, 0.2) is 26.7 Å². The van der Waals surface area contributed by atoms with Gasteiger partial charge in [-0.15, -0.1) is 0 Å². The Hall–Kier alpha value is -0.800. The third-order valence-electron chi connectivity index (χ3n) is 1.93. The van der Waals surface area contributed by atoms with Crippen molar-refractivity contribution in [2.45, 2.75) is 25.5 Å². The molecule has 0 unspecified atom stereocenters.